The van der Waals surface area contributed by atoms with E-state index < -0.39 is 18.7 Å². The van der Waals surface area contributed by atoms with Gasteiger partial charge in [0.2, 0.25) is 0 Å². The third-order valence-electron chi connectivity index (χ3n) is 0.985. The van der Waals surface area contributed by atoms with Gasteiger partial charge in [-0.3, -0.25) is 0 Å². The summed E-state index contributed by atoms with van der Waals surface area (Å²) < 4.78 is 38.0. The van der Waals surface area contributed by atoms with Gasteiger partial charge in [0, 0.05) is 0 Å². The molecule has 6 nitrogen and oxygen atoms in total. The van der Waals surface area contributed by atoms with Crippen molar-refractivity contribution in [1.29, 1.82) is 0 Å². The third kappa shape index (κ3) is 14.1. The van der Waals surface area contributed by atoms with Crippen LogP contribution in [0, 0.1) is 0 Å². The zero-order valence-electron chi connectivity index (χ0n) is 9.48. The maximum absolute atomic E-state index is 11.6. The molecule has 0 aromatic carbocycles. The van der Waals surface area contributed by atoms with E-state index in [2.05, 4.69) is 25.5 Å². The van der Waals surface area contributed by atoms with Crippen LogP contribution < -0.4 is 0 Å². The number of halogens is 2. The first-order chi connectivity index (χ1) is 8.01. The van der Waals surface area contributed by atoms with Crippen LogP contribution >= 0.6 is 0 Å². The molecule has 0 saturated carbocycles. The molecule has 0 spiro atoms. The van der Waals surface area contributed by atoms with E-state index in [4.69, 9.17) is 0 Å². The van der Waals surface area contributed by atoms with Crippen LogP contribution in [0.1, 0.15) is 6.92 Å². The van der Waals surface area contributed by atoms with E-state index in [0.29, 0.717) is 6.61 Å². The molecular formula is C9H14F2O6. The highest BCUT2D eigenvalue weighted by molar-refractivity contribution is 5.61. The first kappa shape index (κ1) is 17.5. The molecule has 17 heavy (non-hydrogen) atoms. The molecule has 0 aromatic rings. The molecule has 0 bridgehead atoms. The van der Waals surface area contributed by atoms with Crippen molar-refractivity contribution in [3.8, 4) is 0 Å². The Labute approximate surface area is 97.1 Å². The molecule has 1 heterocycles. The second-order valence-corrected chi connectivity index (χ2v) is 2.13. The Hall–Kier alpha value is -1.86. The monoisotopic (exact) mass is 256 g/mol. The average Bonchev–Trinajstić information content (AvgIpc) is 2.65. The molecule has 100 valence electrons. The summed E-state index contributed by atoms with van der Waals surface area (Å²) in [6.07, 6.45) is -2.84. The van der Waals surface area contributed by atoms with Gasteiger partial charge in [-0.15, -0.1) is 0 Å². The normalized spacial score (nSPS) is 16.0. The maximum atomic E-state index is 11.6. The highest BCUT2D eigenvalue weighted by Crippen LogP contribution is 2.05. The predicted molar refractivity (Wildman–Crippen MR) is 52.7 cm³/mol. The zero-order valence-corrected chi connectivity index (χ0v) is 9.48. The number of ether oxygens (including phenoxy) is 4. The molecule has 1 aliphatic rings. The summed E-state index contributed by atoms with van der Waals surface area (Å²) in [7, 11) is 1.28. The topological polar surface area (TPSA) is 71.1 Å². The van der Waals surface area contributed by atoms with Gasteiger partial charge >= 0.3 is 12.3 Å². The Balaban J connectivity index is 0. The van der Waals surface area contributed by atoms with Gasteiger partial charge in [0.1, 0.15) is 0 Å². The van der Waals surface area contributed by atoms with Crippen LogP contribution in [-0.4, -0.2) is 39.0 Å². The lowest BCUT2D eigenvalue weighted by Gasteiger charge is -1.94. The fourth-order valence-corrected chi connectivity index (χ4v) is 0.483. The van der Waals surface area contributed by atoms with Gasteiger partial charge in [-0.25, -0.2) is 14.0 Å². The largest absolute Gasteiger partial charge is 0.511 e. The number of hydrogen-bond acceptors (Lipinski definition) is 6. The van der Waals surface area contributed by atoms with Crippen LogP contribution in [0.5, 0.6) is 0 Å². The molecule has 0 amide bonds. The van der Waals surface area contributed by atoms with E-state index in [-0.39, 0.29) is 12.9 Å². The summed E-state index contributed by atoms with van der Waals surface area (Å²) in [6.45, 7) is 4.52. The van der Waals surface area contributed by atoms with Crippen molar-refractivity contribution in [3.63, 3.8) is 0 Å². The first-order valence-electron chi connectivity index (χ1n) is 4.41. The molecule has 1 aliphatic heterocycles. The van der Waals surface area contributed by atoms with Crippen molar-refractivity contribution in [2.45, 2.75) is 13.3 Å². The molecule has 0 radical (unpaired) electrons. The number of carbonyl (C=O) groups excluding carboxylic acids is 2. The van der Waals surface area contributed by atoms with E-state index in [0.717, 1.165) is 0 Å². The number of carbonyl (C=O) groups is 2. The fourth-order valence-electron chi connectivity index (χ4n) is 0.483. The minimum absolute atomic E-state index is 0.250. The highest BCUT2D eigenvalue weighted by atomic mass is 19.1. The molecule has 1 atom stereocenters. The van der Waals surface area contributed by atoms with Crippen LogP contribution in [0.3, 0.4) is 0 Å². The lowest BCUT2D eigenvalue weighted by Crippen LogP contribution is -2.02. The van der Waals surface area contributed by atoms with Gasteiger partial charge in [-0.1, -0.05) is 6.58 Å². The van der Waals surface area contributed by atoms with Crippen molar-refractivity contribution in [2.75, 3.05) is 20.3 Å². The Morgan fingerprint density at radius 1 is 1.71 bits per heavy atom. The minimum atomic E-state index is -1.55. The molecule has 1 fully saturated rings. The summed E-state index contributed by atoms with van der Waals surface area (Å²) in [5, 5.41) is 0. The summed E-state index contributed by atoms with van der Waals surface area (Å²) in [6, 6.07) is 0. The van der Waals surface area contributed by atoms with Crippen molar-refractivity contribution in [2.24, 2.45) is 0 Å². The third-order valence-corrected chi connectivity index (χ3v) is 0.985. The van der Waals surface area contributed by atoms with Crippen LogP contribution in [0.2, 0.25) is 0 Å². The molecule has 0 aliphatic carbocycles. The van der Waals surface area contributed by atoms with Gasteiger partial charge in [0.05, 0.1) is 20.0 Å². The Morgan fingerprint density at radius 3 is 2.35 bits per heavy atom. The number of alkyl halides is 1. The SMILES string of the molecule is C=CF.CCOC(=O)OC.O=C1OCC(F)O1. The lowest BCUT2D eigenvalue weighted by atomic mass is 10.8. The highest BCUT2D eigenvalue weighted by Gasteiger charge is 2.23. The predicted octanol–water partition coefficient (Wildman–Crippen LogP) is 2.34. The summed E-state index contributed by atoms with van der Waals surface area (Å²) in [5.74, 6) is 0. The molecule has 1 rings (SSSR count). The Kier molecular flexibility index (Phi) is 12.6. The molecule has 0 N–H and O–H groups in total. The second kappa shape index (κ2) is 12.2. The molecule has 8 heteroatoms. The molecule has 0 aromatic heterocycles. The molecular weight excluding hydrogens is 242 g/mol. The minimum Gasteiger partial charge on any atom is -0.438 e. The number of rotatable bonds is 1. The van der Waals surface area contributed by atoms with Gasteiger partial charge in [0.15, 0.2) is 6.61 Å². The number of hydrogen-bond donors (Lipinski definition) is 0. The van der Waals surface area contributed by atoms with Crippen LogP contribution in [-0.2, 0) is 18.9 Å². The van der Waals surface area contributed by atoms with Crippen LogP contribution in [0.25, 0.3) is 0 Å². The molecule has 1 unspecified atom stereocenters. The molecule has 1 saturated heterocycles. The maximum Gasteiger partial charge on any atom is 0.511 e. The van der Waals surface area contributed by atoms with Gasteiger partial charge in [0.25, 0.3) is 6.36 Å². The van der Waals surface area contributed by atoms with Crippen LogP contribution in [0.15, 0.2) is 12.9 Å². The Morgan fingerprint density at radius 2 is 2.24 bits per heavy atom. The van der Waals surface area contributed by atoms with E-state index in [9.17, 15) is 18.4 Å². The second-order valence-electron chi connectivity index (χ2n) is 2.13. The zero-order chi connectivity index (χ0) is 13.7. The van der Waals surface area contributed by atoms with Crippen LogP contribution in [0.4, 0.5) is 18.4 Å². The standard InChI is InChI=1S/C4H8O3.C3H3FO3.C2H3F/c1-3-7-4(5)6-2;4-2-1-6-3(5)7-2;1-2-3/h3H2,1-2H3;2H,1H2;2H,1H2. The average molecular weight is 256 g/mol. The summed E-state index contributed by atoms with van der Waals surface area (Å²) in [5.41, 5.74) is 0. The van der Waals surface area contributed by atoms with Crippen molar-refractivity contribution in [3.05, 3.63) is 12.9 Å². The number of methoxy groups -OCH3 is 1. The Bertz CT molecular complexity index is 228. The van der Waals surface area contributed by atoms with E-state index in [1.54, 1.807) is 6.92 Å². The first-order valence-corrected chi connectivity index (χ1v) is 4.41. The van der Waals surface area contributed by atoms with E-state index in [1.165, 1.54) is 7.11 Å². The lowest BCUT2D eigenvalue weighted by molar-refractivity contribution is 0.0572. The van der Waals surface area contributed by atoms with E-state index >= 15 is 0 Å². The van der Waals surface area contributed by atoms with E-state index in [1.807, 2.05) is 0 Å². The summed E-state index contributed by atoms with van der Waals surface area (Å²) >= 11 is 0. The van der Waals surface area contributed by atoms with Crippen molar-refractivity contribution >= 4 is 12.3 Å². The van der Waals surface area contributed by atoms with Crippen molar-refractivity contribution in [1.82, 2.24) is 0 Å². The van der Waals surface area contributed by atoms with Gasteiger partial charge in [-0.2, -0.15) is 4.39 Å². The van der Waals surface area contributed by atoms with Gasteiger partial charge < -0.3 is 18.9 Å². The number of cyclic esters (lactones) is 2. The van der Waals surface area contributed by atoms with Crippen molar-refractivity contribution < 1.29 is 37.3 Å². The quantitative estimate of drug-likeness (QED) is 0.670. The van der Waals surface area contributed by atoms with Gasteiger partial charge in [-0.05, 0) is 6.92 Å². The smallest absolute Gasteiger partial charge is 0.438 e. The summed E-state index contributed by atoms with van der Waals surface area (Å²) in [4.78, 5) is 19.7. The fraction of sp³-hybridized carbons (Fsp3) is 0.556.